The molecule has 17 heavy (non-hydrogen) atoms. The van der Waals surface area contributed by atoms with E-state index >= 15 is 0 Å². The summed E-state index contributed by atoms with van der Waals surface area (Å²) >= 11 is 5.80. The number of hydrogen-bond donors (Lipinski definition) is 0. The van der Waals surface area contributed by atoms with E-state index in [1.807, 2.05) is 13.8 Å². The quantitative estimate of drug-likeness (QED) is 0.796. The summed E-state index contributed by atoms with van der Waals surface area (Å²) < 4.78 is 31.5. The minimum Gasteiger partial charge on any atom is -0.465 e. The SMILES string of the molecule is Cc1oc(C)c(S(=O)(=O)N(C)C(C)C)c1CCl. The van der Waals surface area contributed by atoms with Crippen LogP contribution >= 0.6 is 11.6 Å². The molecule has 6 heteroatoms. The van der Waals surface area contributed by atoms with Crippen molar-refractivity contribution < 1.29 is 12.8 Å². The van der Waals surface area contributed by atoms with Crippen molar-refractivity contribution in [1.29, 1.82) is 0 Å². The number of furan rings is 1. The largest absolute Gasteiger partial charge is 0.465 e. The molecule has 0 bridgehead atoms. The third-order valence-corrected chi connectivity index (χ3v) is 5.32. The standard InChI is InChI=1S/C11H18ClNO3S/c1-7(2)13(5)17(14,15)11-9(4)16-8(3)10(11)6-12/h7H,6H2,1-5H3. The van der Waals surface area contributed by atoms with Crippen molar-refractivity contribution in [2.75, 3.05) is 7.05 Å². The molecule has 1 aromatic heterocycles. The Balaban J connectivity index is 3.43. The van der Waals surface area contributed by atoms with Crippen LogP contribution in [0.5, 0.6) is 0 Å². The molecule has 0 radical (unpaired) electrons. The van der Waals surface area contributed by atoms with Crippen LogP contribution in [0.15, 0.2) is 9.31 Å². The third-order valence-electron chi connectivity index (χ3n) is 2.82. The van der Waals surface area contributed by atoms with Crippen LogP contribution in [0.2, 0.25) is 0 Å². The average molecular weight is 280 g/mol. The average Bonchev–Trinajstić information content (AvgIpc) is 2.51. The van der Waals surface area contributed by atoms with Crippen LogP contribution in [0.3, 0.4) is 0 Å². The Morgan fingerprint density at radius 3 is 2.24 bits per heavy atom. The number of hydrogen-bond acceptors (Lipinski definition) is 3. The molecule has 1 aromatic rings. The molecule has 0 amide bonds. The summed E-state index contributed by atoms with van der Waals surface area (Å²) in [7, 11) is -1.98. The lowest BCUT2D eigenvalue weighted by molar-refractivity contribution is 0.408. The molecule has 0 saturated heterocycles. The van der Waals surface area contributed by atoms with Gasteiger partial charge in [-0.15, -0.1) is 11.6 Å². The molecule has 0 unspecified atom stereocenters. The summed E-state index contributed by atoms with van der Waals surface area (Å²) in [6.45, 7) is 7.00. The number of rotatable bonds is 4. The second-order valence-corrected chi connectivity index (χ2v) is 6.47. The molecule has 0 fully saturated rings. The first-order valence-electron chi connectivity index (χ1n) is 5.36. The van der Waals surface area contributed by atoms with Gasteiger partial charge in [0.1, 0.15) is 16.4 Å². The van der Waals surface area contributed by atoms with Crippen molar-refractivity contribution in [1.82, 2.24) is 4.31 Å². The molecule has 1 heterocycles. The lowest BCUT2D eigenvalue weighted by Gasteiger charge is -2.21. The van der Waals surface area contributed by atoms with Gasteiger partial charge in [-0.05, 0) is 27.7 Å². The summed E-state index contributed by atoms with van der Waals surface area (Å²) in [6, 6.07) is -0.113. The fraction of sp³-hybridized carbons (Fsp3) is 0.636. The zero-order chi connectivity index (χ0) is 13.4. The van der Waals surface area contributed by atoms with E-state index in [9.17, 15) is 8.42 Å². The van der Waals surface area contributed by atoms with Crippen LogP contribution in [0.4, 0.5) is 0 Å². The van der Waals surface area contributed by atoms with Gasteiger partial charge in [0.15, 0.2) is 0 Å². The minimum atomic E-state index is -3.54. The Bertz CT molecular complexity index is 505. The van der Waals surface area contributed by atoms with E-state index in [1.165, 1.54) is 4.31 Å². The second kappa shape index (κ2) is 5.00. The van der Waals surface area contributed by atoms with Crippen LogP contribution in [-0.2, 0) is 15.9 Å². The van der Waals surface area contributed by atoms with E-state index in [2.05, 4.69) is 0 Å². The molecule has 0 saturated carbocycles. The van der Waals surface area contributed by atoms with Crippen molar-refractivity contribution >= 4 is 21.6 Å². The van der Waals surface area contributed by atoms with Crippen LogP contribution in [0.1, 0.15) is 30.9 Å². The number of alkyl halides is 1. The second-order valence-electron chi connectivity index (χ2n) is 4.27. The predicted octanol–water partition coefficient (Wildman–Crippen LogP) is 2.66. The zero-order valence-electron chi connectivity index (χ0n) is 10.7. The molecule has 0 N–H and O–H groups in total. The first-order valence-corrected chi connectivity index (χ1v) is 7.33. The molecule has 4 nitrogen and oxygen atoms in total. The first kappa shape index (κ1) is 14.5. The maximum absolute atomic E-state index is 12.4. The normalized spacial score (nSPS) is 12.7. The van der Waals surface area contributed by atoms with Gasteiger partial charge in [0.25, 0.3) is 0 Å². The van der Waals surface area contributed by atoms with E-state index in [1.54, 1.807) is 20.9 Å². The van der Waals surface area contributed by atoms with E-state index in [0.717, 1.165) is 0 Å². The van der Waals surface area contributed by atoms with Gasteiger partial charge in [-0.3, -0.25) is 0 Å². The van der Waals surface area contributed by atoms with Gasteiger partial charge in [0.05, 0.1) is 5.88 Å². The highest BCUT2D eigenvalue weighted by molar-refractivity contribution is 7.89. The number of sulfonamides is 1. The maximum Gasteiger partial charge on any atom is 0.246 e. The molecular weight excluding hydrogens is 262 g/mol. The highest BCUT2D eigenvalue weighted by Crippen LogP contribution is 2.30. The summed E-state index contributed by atoms with van der Waals surface area (Å²) in [6.07, 6.45) is 0. The molecule has 1 rings (SSSR count). The van der Waals surface area contributed by atoms with E-state index in [0.29, 0.717) is 17.1 Å². The van der Waals surface area contributed by atoms with Crippen molar-refractivity contribution in [2.24, 2.45) is 0 Å². The Morgan fingerprint density at radius 2 is 1.82 bits per heavy atom. The van der Waals surface area contributed by atoms with Crippen LogP contribution in [0.25, 0.3) is 0 Å². The number of nitrogens with zero attached hydrogens (tertiary/aromatic N) is 1. The van der Waals surface area contributed by atoms with Crippen molar-refractivity contribution in [2.45, 2.75) is 44.5 Å². The predicted molar refractivity (Wildman–Crippen MR) is 67.8 cm³/mol. The third kappa shape index (κ3) is 2.51. The maximum atomic E-state index is 12.4. The summed E-state index contributed by atoms with van der Waals surface area (Å²) in [4.78, 5) is 0.209. The number of aryl methyl sites for hydroxylation is 2. The van der Waals surface area contributed by atoms with Crippen molar-refractivity contribution in [3.63, 3.8) is 0 Å². The van der Waals surface area contributed by atoms with Crippen LogP contribution in [-0.4, -0.2) is 25.8 Å². The Labute approximate surface area is 108 Å². The molecule has 0 spiro atoms. The molecule has 0 aliphatic heterocycles. The van der Waals surface area contributed by atoms with E-state index < -0.39 is 10.0 Å². The van der Waals surface area contributed by atoms with Gasteiger partial charge in [0.2, 0.25) is 10.0 Å². The monoisotopic (exact) mass is 279 g/mol. The molecule has 0 aromatic carbocycles. The minimum absolute atomic E-state index is 0.113. The van der Waals surface area contributed by atoms with Crippen LogP contribution in [0, 0.1) is 13.8 Å². The van der Waals surface area contributed by atoms with Gasteiger partial charge < -0.3 is 4.42 Å². The molecule has 0 atom stereocenters. The Morgan fingerprint density at radius 1 is 1.29 bits per heavy atom. The summed E-state index contributed by atoms with van der Waals surface area (Å²) in [5.74, 6) is 1.09. The van der Waals surface area contributed by atoms with Gasteiger partial charge in [-0.2, -0.15) is 4.31 Å². The fourth-order valence-corrected chi connectivity index (χ4v) is 3.80. The number of halogens is 1. The first-order chi connectivity index (χ1) is 7.73. The topological polar surface area (TPSA) is 50.5 Å². The zero-order valence-corrected chi connectivity index (χ0v) is 12.3. The van der Waals surface area contributed by atoms with E-state index in [-0.39, 0.29) is 16.8 Å². The van der Waals surface area contributed by atoms with Gasteiger partial charge >= 0.3 is 0 Å². The highest BCUT2D eigenvalue weighted by Gasteiger charge is 2.31. The van der Waals surface area contributed by atoms with E-state index in [4.69, 9.17) is 16.0 Å². The van der Waals surface area contributed by atoms with Crippen molar-refractivity contribution in [3.8, 4) is 0 Å². The molecular formula is C11H18ClNO3S. The smallest absolute Gasteiger partial charge is 0.246 e. The molecule has 0 aliphatic rings. The van der Waals surface area contributed by atoms with Gasteiger partial charge in [-0.25, -0.2) is 8.42 Å². The molecule has 0 aliphatic carbocycles. The van der Waals surface area contributed by atoms with Gasteiger partial charge in [0, 0.05) is 18.7 Å². The van der Waals surface area contributed by atoms with Crippen LogP contribution < -0.4 is 0 Å². The summed E-state index contributed by atoms with van der Waals surface area (Å²) in [5.41, 5.74) is 0.552. The van der Waals surface area contributed by atoms with Crippen molar-refractivity contribution in [3.05, 3.63) is 17.1 Å². The lowest BCUT2D eigenvalue weighted by atomic mass is 10.3. The lowest BCUT2D eigenvalue weighted by Crippen LogP contribution is -2.33. The Kier molecular flexibility index (Phi) is 4.28. The van der Waals surface area contributed by atoms with Gasteiger partial charge in [-0.1, -0.05) is 0 Å². The summed E-state index contributed by atoms with van der Waals surface area (Å²) in [5, 5.41) is 0. The Hall–Kier alpha value is -0.520. The fourth-order valence-electron chi connectivity index (χ4n) is 1.62. The highest BCUT2D eigenvalue weighted by atomic mass is 35.5. The molecule has 98 valence electrons.